The van der Waals surface area contributed by atoms with Crippen LogP contribution < -0.4 is 10.9 Å². The van der Waals surface area contributed by atoms with Gasteiger partial charge >= 0.3 is 0 Å². The van der Waals surface area contributed by atoms with Crippen LogP contribution in [0.2, 0.25) is 0 Å². The molecule has 1 unspecified atom stereocenters. The minimum absolute atomic E-state index is 0.0537. The van der Waals surface area contributed by atoms with E-state index in [-0.39, 0.29) is 30.0 Å². The zero-order valence-electron chi connectivity index (χ0n) is 12.9. The number of amides is 1. The lowest BCUT2D eigenvalue weighted by molar-refractivity contribution is -0.122. The Bertz CT molecular complexity index is 677. The highest BCUT2D eigenvalue weighted by Gasteiger charge is 2.18. The molecule has 2 aromatic heterocycles. The van der Waals surface area contributed by atoms with E-state index < -0.39 is 0 Å². The van der Waals surface area contributed by atoms with Crippen LogP contribution in [0.4, 0.5) is 0 Å². The Morgan fingerprint density at radius 3 is 2.59 bits per heavy atom. The van der Waals surface area contributed by atoms with Crippen LogP contribution in [0.3, 0.4) is 0 Å². The molecule has 1 amide bonds. The maximum absolute atomic E-state index is 12.1. The van der Waals surface area contributed by atoms with Crippen LogP contribution in [0.25, 0.3) is 0 Å². The summed E-state index contributed by atoms with van der Waals surface area (Å²) < 4.78 is 1.28. The molecule has 1 atom stereocenters. The molecule has 0 aliphatic heterocycles. The van der Waals surface area contributed by atoms with Crippen LogP contribution in [0.1, 0.15) is 19.5 Å². The predicted molar refractivity (Wildman–Crippen MR) is 80.0 cm³/mol. The molecule has 0 aromatic carbocycles. The van der Waals surface area contributed by atoms with Gasteiger partial charge < -0.3 is 5.32 Å². The minimum atomic E-state index is -0.238. The quantitative estimate of drug-likeness (QED) is 0.809. The van der Waals surface area contributed by atoms with Crippen LogP contribution in [0.15, 0.2) is 29.6 Å². The molecule has 2 rings (SSSR count). The summed E-state index contributed by atoms with van der Waals surface area (Å²) in [6, 6.07) is 1.29. The van der Waals surface area contributed by atoms with Crippen LogP contribution in [-0.2, 0) is 17.9 Å². The van der Waals surface area contributed by atoms with Crippen molar-refractivity contribution in [1.82, 2.24) is 29.9 Å². The van der Waals surface area contributed by atoms with E-state index in [0.29, 0.717) is 12.2 Å². The van der Waals surface area contributed by atoms with Crippen LogP contribution in [0.5, 0.6) is 0 Å². The second-order valence-electron chi connectivity index (χ2n) is 5.50. The van der Waals surface area contributed by atoms with E-state index in [4.69, 9.17) is 0 Å². The summed E-state index contributed by atoms with van der Waals surface area (Å²) in [5.41, 5.74) is 0.393. The van der Waals surface area contributed by atoms with Gasteiger partial charge in [-0.05, 0) is 12.8 Å². The van der Waals surface area contributed by atoms with Crippen molar-refractivity contribution in [2.75, 3.05) is 0 Å². The number of aryl methyl sites for hydroxylation is 1. The smallest absolute Gasteiger partial charge is 0.253 e. The highest BCUT2D eigenvalue weighted by atomic mass is 16.2. The number of nitrogens with zero attached hydrogens (tertiary/aromatic N) is 5. The second kappa shape index (κ2) is 6.97. The van der Waals surface area contributed by atoms with Crippen molar-refractivity contribution in [3.8, 4) is 0 Å². The molecule has 0 saturated heterocycles. The lowest BCUT2D eigenvalue weighted by atomic mass is 10.0. The van der Waals surface area contributed by atoms with Gasteiger partial charge in [-0.2, -0.15) is 15.0 Å². The van der Waals surface area contributed by atoms with Gasteiger partial charge in [0.2, 0.25) is 5.91 Å². The third-order valence-corrected chi connectivity index (χ3v) is 3.31. The third-order valence-electron chi connectivity index (χ3n) is 3.31. The van der Waals surface area contributed by atoms with Gasteiger partial charge in [0.05, 0.1) is 31.3 Å². The van der Waals surface area contributed by atoms with E-state index in [0.717, 1.165) is 0 Å². The van der Waals surface area contributed by atoms with Crippen molar-refractivity contribution < 1.29 is 4.79 Å². The number of carbonyl (C=O) groups excluding carboxylic acids is 1. The van der Waals surface area contributed by atoms with E-state index in [2.05, 4.69) is 20.5 Å². The van der Waals surface area contributed by atoms with Gasteiger partial charge in [-0.3, -0.25) is 14.2 Å². The van der Waals surface area contributed by atoms with Crippen LogP contribution >= 0.6 is 0 Å². The van der Waals surface area contributed by atoms with Crippen molar-refractivity contribution in [3.63, 3.8) is 0 Å². The van der Waals surface area contributed by atoms with Crippen LogP contribution in [0, 0.1) is 12.8 Å². The molecular formula is C14H20N6O2. The Morgan fingerprint density at radius 1 is 1.32 bits per heavy atom. The summed E-state index contributed by atoms with van der Waals surface area (Å²) in [5, 5.41) is 11.0. The first-order valence-electron chi connectivity index (χ1n) is 7.12. The zero-order valence-corrected chi connectivity index (χ0v) is 12.9. The third kappa shape index (κ3) is 4.24. The molecule has 0 bridgehead atoms. The zero-order chi connectivity index (χ0) is 16.1. The minimum Gasteiger partial charge on any atom is -0.350 e. The van der Waals surface area contributed by atoms with Crippen LogP contribution in [-0.4, -0.2) is 36.5 Å². The van der Waals surface area contributed by atoms with Gasteiger partial charge in [-0.1, -0.05) is 13.8 Å². The predicted octanol–water partition coefficient (Wildman–Crippen LogP) is -0.0158. The lowest BCUT2D eigenvalue weighted by Crippen LogP contribution is -2.44. The number of hydrogen-bond donors (Lipinski definition) is 1. The molecule has 8 nitrogen and oxygen atoms in total. The molecule has 2 aromatic rings. The molecule has 0 fully saturated rings. The fourth-order valence-electron chi connectivity index (χ4n) is 1.98. The Kier molecular flexibility index (Phi) is 5.03. The first-order chi connectivity index (χ1) is 10.5. The summed E-state index contributed by atoms with van der Waals surface area (Å²) >= 11 is 0. The number of hydrogen-bond acceptors (Lipinski definition) is 5. The molecule has 118 valence electrons. The molecule has 0 spiro atoms. The lowest BCUT2D eigenvalue weighted by Gasteiger charge is -2.22. The average Bonchev–Trinajstić information content (AvgIpc) is 2.94. The molecule has 22 heavy (non-hydrogen) atoms. The Morgan fingerprint density at radius 2 is 2.00 bits per heavy atom. The van der Waals surface area contributed by atoms with Gasteiger partial charge in [-0.15, -0.1) is 0 Å². The van der Waals surface area contributed by atoms with Crippen molar-refractivity contribution >= 4 is 5.91 Å². The molecule has 0 radical (unpaired) electrons. The molecule has 1 N–H and O–H groups in total. The fourth-order valence-corrected chi connectivity index (χ4v) is 1.98. The van der Waals surface area contributed by atoms with Gasteiger partial charge in [0, 0.05) is 11.8 Å². The Balaban J connectivity index is 2.00. The largest absolute Gasteiger partial charge is 0.350 e. The van der Waals surface area contributed by atoms with E-state index in [1.54, 1.807) is 19.3 Å². The van der Waals surface area contributed by atoms with Gasteiger partial charge in [0.1, 0.15) is 6.54 Å². The van der Waals surface area contributed by atoms with E-state index >= 15 is 0 Å². The Labute approximate surface area is 128 Å². The number of aromatic nitrogens is 5. The standard InChI is InChI=1S/C14H20N6O2/c1-10(2)12(7-20-16-4-5-17-20)18-13(21)8-19-9-15-11(3)6-14(19)22/h4-6,9-10,12H,7-8H2,1-3H3,(H,18,21). The average molecular weight is 304 g/mol. The highest BCUT2D eigenvalue weighted by Crippen LogP contribution is 2.03. The Hall–Kier alpha value is -2.51. The summed E-state index contributed by atoms with van der Waals surface area (Å²) in [6.45, 7) is 6.18. The number of nitrogens with one attached hydrogen (secondary N) is 1. The number of carbonyl (C=O) groups is 1. The summed E-state index contributed by atoms with van der Waals surface area (Å²) in [5.74, 6) is -0.0265. The SMILES string of the molecule is Cc1cc(=O)n(CC(=O)NC(Cn2nccn2)C(C)C)cn1. The fraction of sp³-hybridized carbons (Fsp3) is 0.500. The van der Waals surface area contributed by atoms with E-state index in [9.17, 15) is 9.59 Å². The van der Waals surface area contributed by atoms with Crippen molar-refractivity contribution in [3.05, 3.63) is 40.8 Å². The first kappa shape index (κ1) is 15.9. The van der Waals surface area contributed by atoms with Crippen molar-refractivity contribution in [2.45, 2.75) is 39.9 Å². The van der Waals surface area contributed by atoms with Gasteiger partial charge in [-0.25, -0.2) is 4.98 Å². The summed E-state index contributed by atoms with van der Waals surface area (Å²) in [4.78, 5) is 29.5. The summed E-state index contributed by atoms with van der Waals surface area (Å²) in [6.07, 6.45) is 4.57. The van der Waals surface area contributed by atoms with Crippen molar-refractivity contribution in [2.24, 2.45) is 5.92 Å². The monoisotopic (exact) mass is 304 g/mol. The summed E-state index contributed by atoms with van der Waals surface area (Å²) in [7, 11) is 0. The maximum Gasteiger partial charge on any atom is 0.253 e. The highest BCUT2D eigenvalue weighted by molar-refractivity contribution is 5.76. The van der Waals surface area contributed by atoms with Crippen molar-refractivity contribution in [1.29, 1.82) is 0 Å². The molecule has 0 saturated carbocycles. The molecular weight excluding hydrogens is 284 g/mol. The van der Waals surface area contributed by atoms with Gasteiger partial charge in [0.25, 0.3) is 5.56 Å². The molecule has 0 aliphatic rings. The second-order valence-corrected chi connectivity index (χ2v) is 5.50. The first-order valence-corrected chi connectivity index (χ1v) is 7.12. The molecule has 0 aliphatic carbocycles. The van der Waals surface area contributed by atoms with E-state index in [1.165, 1.54) is 21.8 Å². The topological polar surface area (TPSA) is 94.7 Å². The maximum atomic E-state index is 12.1. The molecule has 8 heteroatoms. The normalized spacial score (nSPS) is 12.4. The van der Waals surface area contributed by atoms with Gasteiger partial charge in [0.15, 0.2) is 0 Å². The van der Waals surface area contributed by atoms with E-state index in [1.807, 2.05) is 13.8 Å². The molecule has 2 heterocycles. The number of rotatable bonds is 6.